The first-order valence-corrected chi connectivity index (χ1v) is 8.19. The van der Waals surface area contributed by atoms with Gasteiger partial charge in [-0.05, 0) is 12.8 Å². The summed E-state index contributed by atoms with van der Waals surface area (Å²) in [4.78, 5) is 11.4. The van der Waals surface area contributed by atoms with Gasteiger partial charge in [-0.25, -0.2) is 9.97 Å². The van der Waals surface area contributed by atoms with E-state index in [1.165, 1.54) is 18.7 Å². The van der Waals surface area contributed by atoms with Crippen LogP contribution in [0.2, 0.25) is 0 Å². The predicted molar refractivity (Wildman–Crippen MR) is 79.2 cm³/mol. The summed E-state index contributed by atoms with van der Waals surface area (Å²) in [5.74, 6) is 3.64. The zero-order chi connectivity index (χ0) is 13.5. The average molecular weight is 289 g/mol. The summed E-state index contributed by atoms with van der Waals surface area (Å²) >= 11 is 1.57. The standard InChI is InChI=1S/C14H19N5S/c1-2-12-15-5-6-18(12)7-10-8-19(9-10)14-16-13(17-20-14)11-3-4-11/h5-6,10-11H,2-4,7-9H2,1H3. The van der Waals surface area contributed by atoms with Crippen LogP contribution in [-0.4, -0.2) is 32.0 Å². The van der Waals surface area contributed by atoms with Crippen molar-refractivity contribution in [2.24, 2.45) is 5.92 Å². The quantitative estimate of drug-likeness (QED) is 0.847. The second kappa shape index (κ2) is 4.84. The largest absolute Gasteiger partial charge is 0.346 e. The first-order valence-electron chi connectivity index (χ1n) is 7.42. The second-order valence-corrected chi connectivity index (χ2v) is 6.56. The van der Waals surface area contributed by atoms with Gasteiger partial charge in [-0.15, -0.1) is 0 Å². The normalized spacial score (nSPS) is 19.4. The van der Waals surface area contributed by atoms with Crippen molar-refractivity contribution < 1.29 is 0 Å². The summed E-state index contributed by atoms with van der Waals surface area (Å²) in [7, 11) is 0. The van der Waals surface area contributed by atoms with Crippen molar-refractivity contribution in [2.45, 2.75) is 38.6 Å². The highest BCUT2D eigenvalue weighted by molar-refractivity contribution is 7.09. The topological polar surface area (TPSA) is 46.8 Å². The van der Waals surface area contributed by atoms with Crippen molar-refractivity contribution in [1.29, 1.82) is 0 Å². The molecule has 0 atom stereocenters. The summed E-state index contributed by atoms with van der Waals surface area (Å²) in [5, 5.41) is 1.12. The molecular formula is C14H19N5S. The van der Waals surface area contributed by atoms with E-state index in [4.69, 9.17) is 0 Å². The number of hydrogen-bond donors (Lipinski definition) is 0. The van der Waals surface area contributed by atoms with Crippen LogP contribution in [0.5, 0.6) is 0 Å². The number of aromatic nitrogens is 4. The fraction of sp³-hybridized carbons (Fsp3) is 0.643. The third-order valence-electron chi connectivity index (χ3n) is 4.17. The highest BCUT2D eigenvalue weighted by atomic mass is 32.1. The van der Waals surface area contributed by atoms with Crippen LogP contribution < -0.4 is 4.90 Å². The maximum Gasteiger partial charge on any atom is 0.205 e. The van der Waals surface area contributed by atoms with Gasteiger partial charge in [0.15, 0.2) is 0 Å². The van der Waals surface area contributed by atoms with E-state index in [-0.39, 0.29) is 0 Å². The van der Waals surface area contributed by atoms with Gasteiger partial charge in [0.05, 0.1) is 0 Å². The summed E-state index contributed by atoms with van der Waals surface area (Å²) in [6, 6.07) is 0. The molecule has 5 nitrogen and oxygen atoms in total. The Labute approximate surface area is 122 Å². The Morgan fingerprint density at radius 2 is 2.20 bits per heavy atom. The van der Waals surface area contributed by atoms with Crippen molar-refractivity contribution in [3.05, 3.63) is 24.0 Å². The molecule has 2 aromatic heterocycles. The average Bonchev–Trinajstić information content (AvgIpc) is 2.99. The Morgan fingerprint density at radius 1 is 1.35 bits per heavy atom. The lowest BCUT2D eigenvalue weighted by molar-refractivity contribution is 0.352. The summed E-state index contributed by atoms with van der Waals surface area (Å²) in [5.41, 5.74) is 0. The third kappa shape index (κ3) is 2.22. The van der Waals surface area contributed by atoms with Gasteiger partial charge in [-0.1, -0.05) is 6.92 Å². The van der Waals surface area contributed by atoms with Crippen LogP contribution >= 0.6 is 11.5 Å². The van der Waals surface area contributed by atoms with Crippen molar-refractivity contribution in [3.8, 4) is 0 Å². The first-order chi connectivity index (χ1) is 9.83. The molecule has 0 unspecified atom stereocenters. The number of aryl methyl sites for hydroxylation is 1. The molecule has 0 N–H and O–H groups in total. The number of nitrogens with zero attached hydrogens (tertiary/aromatic N) is 5. The van der Waals surface area contributed by atoms with E-state index < -0.39 is 0 Å². The van der Waals surface area contributed by atoms with E-state index >= 15 is 0 Å². The molecule has 2 aromatic rings. The molecule has 3 heterocycles. The van der Waals surface area contributed by atoms with Gasteiger partial charge in [-0.2, -0.15) is 4.37 Å². The summed E-state index contributed by atoms with van der Waals surface area (Å²) in [6.45, 7) is 5.43. The number of rotatable bonds is 5. The Bertz CT molecular complexity index is 594. The van der Waals surface area contributed by atoms with Gasteiger partial charge in [0.1, 0.15) is 11.6 Å². The van der Waals surface area contributed by atoms with E-state index in [0.717, 1.165) is 37.0 Å². The molecule has 6 heteroatoms. The molecule has 2 fully saturated rings. The van der Waals surface area contributed by atoms with Crippen LogP contribution in [0.1, 0.15) is 37.3 Å². The molecule has 1 aliphatic heterocycles. The lowest BCUT2D eigenvalue weighted by Crippen LogP contribution is -2.48. The van der Waals surface area contributed by atoms with E-state index in [0.29, 0.717) is 11.8 Å². The summed E-state index contributed by atoms with van der Waals surface area (Å²) < 4.78 is 6.77. The Hall–Kier alpha value is -1.43. The van der Waals surface area contributed by atoms with E-state index in [1.807, 2.05) is 6.20 Å². The highest BCUT2D eigenvalue weighted by Gasteiger charge is 2.32. The first kappa shape index (κ1) is 12.3. The Morgan fingerprint density at radius 3 is 2.95 bits per heavy atom. The van der Waals surface area contributed by atoms with Crippen LogP contribution in [0.25, 0.3) is 0 Å². The maximum atomic E-state index is 4.67. The third-order valence-corrected chi connectivity index (χ3v) is 4.97. The maximum absolute atomic E-state index is 4.67. The lowest BCUT2D eigenvalue weighted by atomic mass is 10.0. The number of imidazole rings is 1. The SMILES string of the molecule is CCc1nccn1CC1CN(c2nc(C3CC3)ns2)C1. The van der Waals surface area contributed by atoms with E-state index in [2.05, 4.69) is 36.9 Å². The molecule has 1 aliphatic carbocycles. The van der Waals surface area contributed by atoms with Crippen LogP contribution in [0.3, 0.4) is 0 Å². The number of hydrogen-bond acceptors (Lipinski definition) is 5. The van der Waals surface area contributed by atoms with E-state index in [1.54, 1.807) is 11.5 Å². The Balaban J connectivity index is 1.34. The minimum absolute atomic E-state index is 0.662. The predicted octanol–water partition coefficient (Wildman–Crippen LogP) is 2.31. The molecule has 1 saturated carbocycles. The zero-order valence-corrected chi connectivity index (χ0v) is 12.5. The molecule has 4 rings (SSSR count). The minimum atomic E-state index is 0.662. The van der Waals surface area contributed by atoms with Gasteiger partial charge < -0.3 is 9.47 Å². The molecule has 0 amide bonds. The molecule has 0 bridgehead atoms. The van der Waals surface area contributed by atoms with Crippen molar-refractivity contribution in [1.82, 2.24) is 18.9 Å². The molecule has 0 spiro atoms. The summed E-state index contributed by atoms with van der Waals surface area (Å²) in [6.07, 6.45) is 7.56. The van der Waals surface area contributed by atoms with E-state index in [9.17, 15) is 0 Å². The van der Waals surface area contributed by atoms with Crippen molar-refractivity contribution >= 4 is 16.7 Å². The number of anilines is 1. The molecule has 106 valence electrons. The van der Waals surface area contributed by atoms with Crippen LogP contribution in [0.4, 0.5) is 5.13 Å². The molecular weight excluding hydrogens is 270 g/mol. The monoisotopic (exact) mass is 289 g/mol. The second-order valence-electron chi connectivity index (χ2n) is 5.83. The fourth-order valence-corrected chi connectivity index (χ4v) is 3.57. The zero-order valence-electron chi connectivity index (χ0n) is 11.7. The molecule has 0 radical (unpaired) electrons. The fourth-order valence-electron chi connectivity index (χ4n) is 2.80. The van der Waals surface area contributed by atoms with Crippen molar-refractivity contribution in [2.75, 3.05) is 18.0 Å². The smallest absolute Gasteiger partial charge is 0.205 e. The van der Waals surface area contributed by atoms with Crippen LogP contribution in [0, 0.1) is 5.92 Å². The van der Waals surface area contributed by atoms with Crippen LogP contribution in [0.15, 0.2) is 12.4 Å². The van der Waals surface area contributed by atoms with Gasteiger partial charge in [-0.3, -0.25) is 0 Å². The molecule has 20 heavy (non-hydrogen) atoms. The van der Waals surface area contributed by atoms with Crippen molar-refractivity contribution in [3.63, 3.8) is 0 Å². The lowest BCUT2D eigenvalue weighted by Gasteiger charge is -2.39. The van der Waals surface area contributed by atoms with Gasteiger partial charge in [0, 0.05) is 61.8 Å². The van der Waals surface area contributed by atoms with Gasteiger partial charge in [0.2, 0.25) is 5.13 Å². The molecule has 0 aromatic carbocycles. The van der Waals surface area contributed by atoms with Gasteiger partial charge in [0.25, 0.3) is 0 Å². The molecule has 1 saturated heterocycles. The minimum Gasteiger partial charge on any atom is -0.346 e. The molecule has 2 aliphatic rings. The highest BCUT2D eigenvalue weighted by Crippen LogP contribution is 2.40. The Kier molecular flexibility index (Phi) is 2.98. The van der Waals surface area contributed by atoms with Gasteiger partial charge >= 0.3 is 0 Å². The van der Waals surface area contributed by atoms with Crippen LogP contribution in [-0.2, 0) is 13.0 Å².